The lowest BCUT2D eigenvalue weighted by molar-refractivity contribution is 0.168. The molecule has 0 saturated heterocycles. The molecule has 0 radical (unpaired) electrons. The van der Waals surface area contributed by atoms with Crippen LogP contribution in [0.4, 0.5) is 0 Å². The highest BCUT2D eigenvalue weighted by molar-refractivity contribution is 7.90. The lowest BCUT2D eigenvalue weighted by Crippen LogP contribution is -2.06. The zero-order chi connectivity index (χ0) is 8.74. The fourth-order valence-electron chi connectivity index (χ4n) is 0.554. The van der Waals surface area contributed by atoms with E-state index in [2.05, 4.69) is 5.92 Å². The topological polar surface area (TPSA) is 43.4 Å². The Morgan fingerprint density at radius 3 is 2.64 bits per heavy atom. The smallest absolute Gasteiger partial charge is 0.147 e. The summed E-state index contributed by atoms with van der Waals surface area (Å²) in [5, 5.41) is 0. The molecule has 4 heteroatoms. The van der Waals surface area contributed by atoms with E-state index >= 15 is 0 Å². The number of terminal acetylenes is 1. The largest absolute Gasteiger partial charge is 0.369 e. The van der Waals surface area contributed by atoms with E-state index in [-0.39, 0.29) is 12.4 Å². The van der Waals surface area contributed by atoms with Crippen LogP contribution in [0.2, 0.25) is 0 Å². The van der Waals surface area contributed by atoms with Crippen LogP contribution in [0.1, 0.15) is 6.42 Å². The van der Waals surface area contributed by atoms with Gasteiger partial charge >= 0.3 is 0 Å². The molecule has 0 N–H and O–H groups in total. The Kier molecular flexibility index (Phi) is 4.92. The molecule has 0 aliphatic carbocycles. The summed E-state index contributed by atoms with van der Waals surface area (Å²) < 4.78 is 26.0. The molecule has 0 bridgehead atoms. The number of sulfone groups is 1. The highest BCUT2D eigenvalue weighted by Gasteiger charge is 1.99. The van der Waals surface area contributed by atoms with Crippen LogP contribution in [-0.4, -0.2) is 33.6 Å². The first-order valence-electron chi connectivity index (χ1n) is 3.25. The van der Waals surface area contributed by atoms with E-state index < -0.39 is 9.84 Å². The summed E-state index contributed by atoms with van der Waals surface area (Å²) in [6.45, 7) is 0.668. The van der Waals surface area contributed by atoms with Crippen molar-refractivity contribution < 1.29 is 13.2 Å². The van der Waals surface area contributed by atoms with E-state index in [1.165, 1.54) is 6.26 Å². The van der Waals surface area contributed by atoms with Crippen LogP contribution in [0.15, 0.2) is 0 Å². The van der Waals surface area contributed by atoms with E-state index in [0.29, 0.717) is 13.0 Å². The van der Waals surface area contributed by atoms with Crippen LogP contribution in [0.5, 0.6) is 0 Å². The molecule has 11 heavy (non-hydrogen) atoms. The van der Waals surface area contributed by atoms with Crippen LogP contribution in [0.3, 0.4) is 0 Å². The second-order valence-corrected chi connectivity index (χ2v) is 4.50. The SMILES string of the molecule is C#CCOCCCS(C)(=O)=O. The fourth-order valence-corrected chi connectivity index (χ4v) is 1.20. The Balaban J connectivity index is 3.24. The summed E-state index contributed by atoms with van der Waals surface area (Å²) >= 11 is 0. The molecule has 0 aromatic rings. The van der Waals surface area contributed by atoms with Crippen LogP contribution in [-0.2, 0) is 14.6 Å². The molecule has 0 heterocycles. The quantitative estimate of drug-likeness (QED) is 0.440. The molecule has 0 aromatic heterocycles. The van der Waals surface area contributed by atoms with E-state index in [9.17, 15) is 8.42 Å². The maximum Gasteiger partial charge on any atom is 0.147 e. The maximum absolute atomic E-state index is 10.6. The van der Waals surface area contributed by atoms with Gasteiger partial charge in [0.2, 0.25) is 0 Å². The summed E-state index contributed by atoms with van der Waals surface area (Å²) in [6.07, 6.45) is 6.62. The molecule has 0 aliphatic heterocycles. The molecular formula is C7H12O3S. The zero-order valence-electron chi connectivity index (χ0n) is 6.54. The summed E-state index contributed by atoms with van der Waals surface area (Å²) in [4.78, 5) is 0. The third-order valence-electron chi connectivity index (χ3n) is 0.989. The van der Waals surface area contributed by atoms with Crippen molar-refractivity contribution in [3.8, 4) is 12.3 Å². The Labute approximate surface area is 67.7 Å². The second kappa shape index (κ2) is 5.16. The molecule has 0 spiro atoms. The van der Waals surface area contributed by atoms with Crippen molar-refractivity contribution in [1.29, 1.82) is 0 Å². The fraction of sp³-hybridized carbons (Fsp3) is 0.714. The van der Waals surface area contributed by atoms with Crippen LogP contribution < -0.4 is 0 Å². The highest BCUT2D eigenvalue weighted by atomic mass is 32.2. The van der Waals surface area contributed by atoms with Gasteiger partial charge in [-0.2, -0.15) is 0 Å². The van der Waals surface area contributed by atoms with Gasteiger partial charge in [0.05, 0.1) is 5.75 Å². The Bertz CT molecular complexity index is 223. The highest BCUT2D eigenvalue weighted by Crippen LogP contribution is 1.89. The van der Waals surface area contributed by atoms with E-state index in [1.807, 2.05) is 0 Å². The molecule has 0 amide bonds. The van der Waals surface area contributed by atoms with Gasteiger partial charge < -0.3 is 4.74 Å². The molecule has 64 valence electrons. The molecule has 0 fully saturated rings. The summed E-state index contributed by atoms with van der Waals surface area (Å²) in [5.74, 6) is 2.46. The summed E-state index contributed by atoms with van der Waals surface area (Å²) in [5.41, 5.74) is 0. The first-order valence-corrected chi connectivity index (χ1v) is 5.31. The Morgan fingerprint density at radius 2 is 2.18 bits per heavy atom. The number of hydrogen-bond acceptors (Lipinski definition) is 3. The van der Waals surface area contributed by atoms with Crippen molar-refractivity contribution in [3.63, 3.8) is 0 Å². The standard InChI is InChI=1S/C7H12O3S/c1-3-5-10-6-4-7-11(2,8)9/h1H,4-7H2,2H3. The van der Waals surface area contributed by atoms with Gasteiger partial charge in [-0.05, 0) is 6.42 Å². The van der Waals surface area contributed by atoms with Crippen molar-refractivity contribution in [3.05, 3.63) is 0 Å². The summed E-state index contributed by atoms with van der Waals surface area (Å²) in [6, 6.07) is 0. The molecule has 3 nitrogen and oxygen atoms in total. The molecule has 0 saturated carbocycles. The molecule has 0 rings (SSSR count). The first-order chi connectivity index (χ1) is 5.06. The molecule has 0 aromatic carbocycles. The average Bonchev–Trinajstić information content (AvgIpc) is 1.85. The van der Waals surface area contributed by atoms with E-state index in [1.54, 1.807) is 0 Å². The Morgan fingerprint density at radius 1 is 1.55 bits per heavy atom. The van der Waals surface area contributed by atoms with Gasteiger partial charge in [0.25, 0.3) is 0 Å². The minimum atomic E-state index is -2.84. The van der Waals surface area contributed by atoms with Gasteiger partial charge in [0, 0.05) is 12.9 Å². The van der Waals surface area contributed by atoms with Crippen molar-refractivity contribution >= 4 is 9.84 Å². The first kappa shape index (κ1) is 10.5. The molecule has 0 atom stereocenters. The maximum atomic E-state index is 10.6. The molecule has 0 aliphatic rings. The lowest BCUT2D eigenvalue weighted by Gasteiger charge is -1.98. The van der Waals surface area contributed by atoms with Gasteiger partial charge in [-0.3, -0.25) is 0 Å². The summed E-state index contributed by atoms with van der Waals surface area (Å²) in [7, 11) is -2.84. The third-order valence-corrected chi connectivity index (χ3v) is 2.02. The zero-order valence-corrected chi connectivity index (χ0v) is 7.36. The van der Waals surface area contributed by atoms with E-state index in [0.717, 1.165) is 0 Å². The molecule has 0 unspecified atom stereocenters. The predicted octanol–water partition coefficient (Wildman–Crippen LogP) is 0.0709. The van der Waals surface area contributed by atoms with Crippen molar-refractivity contribution in [2.45, 2.75) is 6.42 Å². The van der Waals surface area contributed by atoms with Gasteiger partial charge in [0.15, 0.2) is 0 Å². The Hall–Kier alpha value is -0.530. The van der Waals surface area contributed by atoms with Gasteiger partial charge in [-0.1, -0.05) is 5.92 Å². The van der Waals surface area contributed by atoms with Gasteiger partial charge in [0.1, 0.15) is 16.4 Å². The number of ether oxygens (including phenoxy) is 1. The van der Waals surface area contributed by atoms with Crippen LogP contribution in [0.25, 0.3) is 0 Å². The third kappa shape index (κ3) is 9.47. The van der Waals surface area contributed by atoms with Crippen molar-refractivity contribution in [2.24, 2.45) is 0 Å². The number of rotatable bonds is 5. The van der Waals surface area contributed by atoms with Crippen molar-refractivity contribution in [1.82, 2.24) is 0 Å². The average molecular weight is 176 g/mol. The second-order valence-electron chi connectivity index (χ2n) is 2.24. The minimum absolute atomic E-state index is 0.164. The lowest BCUT2D eigenvalue weighted by atomic mass is 10.5. The van der Waals surface area contributed by atoms with E-state index in [4.69, 9.17) is 11.2 Å². The minimum Gasteiger partial charge on any atom is -0.369 e. The predicted molar refractivity (Wildman–Crippen MR) is 44.0 cm³/mol. The number of hydrogen-bond donors (Lipinski definition) is 0. The van der Waals surface area contributed by atoms with Crippen LogP contribution in [0, 0.1) is 12.3 Å². The molecular weight excluding hydrogens is 164 g/mol. The van der Waals surface area contributed by atoms with Gasteiger partial charge in [-0.15, -0.1) is 6.42 Å². The van der Waals surface area contributed by atoms with Crippen LogP contribution >= 0.6 is 0 Å². The van der Waals surface area contributed by atoms with Gasteiger partial charge in [-0.25, -0.2) is 8.42 Å². The van der Waals surface area contributed by atoms with Crippen molar-refractivity contribution in [2.75, 3.05) is 25.2 Å². The normalized spacial score (nSPS) is 10.9. The monoisotopic (exact) mass is 176 g/mol.